The maximum Gasteiger partial charge on any atom is 0.343 e. The number of benzene rings is 3. The van der Waals surface area contributed by atoms with Crippen molar-refractivity contribution in [3.63, 3.8) is 0 Å². The Kier molecular flexibility index (Phi) is 5.37. The van der Waals surface area contributed by atoms with E-state index in [1.165, 1.54) is 0 Å². The van der Waals surface area contributed by atoms with Crippen LogP contribution < -0.4 is 9.47 Å². The van der Waals surface area contributed by atoms with E-state index in [2.05, 4.69) is 0 Å². The summed E-state index contributed by atoms with van der Waals surface area (Å²) < 4.78 is 11.1. The van der Waals surface area contributed by atoms with Crippen LogP contribution in [0.3, 0.4) is 0 Å². The van der Waals surface area contributed by atoms with Crippen LogP contribution in [0.1, 0.15) is 29.8 Å². The Morgan fingerprint density at radius 1 is 0.731 bits per heavy atom. The molecule has 0 radical (unpaired) electrons. The molecule has 0 saturated heterocycles. The molecule has 0 unspecified atom stereocenters. The van der Waals surface area contributed by atoms with Gasteiger partial charge in [0, 0.05) is 0 Å². The highest BCUT2D eigenvalue weighted by molar-refractivity contribution is 5.91. The molecular weight excluding hydrogens is 324 g/mol. The summed E-state index contributed by atoms with van der Waals surface area (Å²) in [5.74, 6) is 1.04. The molecule has 3 rings (SSSR count). The van der Waals surface area contributed by atoms with Gasteiger partial charge in [0.25, 0.3) is 0 Å². The molecule has 0 N–H and O–H groups in total. The first-order valence-electron chi connectivity index (χ1n) is 8.67. The van der Waals surface area contributed by atoms with Crippen molar-refractivity contribution < 1.29 is 14.3 Å². The number of rotatable bonds is 5. The molecule has 0 aliphatic heterocycles. The molecule has 3 nitrogen and oxygen atoms in total. The van der Waals surface area contributed by atoms with Crippen LogP contribution >= 0.6 is 0 Å². The van der Waals surface area contributed by atoms with Crippen molar-refractivity contribution in [2.45, 2.75) is 26.9 Å². The summed E-state index contributed by atoms with van der Waals surface area (Å²) in [6, 6.07) is 22.8. The number of carbonyl (C=O) groups excluding carboxylic acids is 1. The first-order valence-corrected chi connectivity index (χ1v) is 8.67. The maximum atomic E-state index is 12.3. The molecule has 0 spiro atoms. The third-order valence-corrected chi connectivity index (χ3v) is 3.91. The zero-order chi connectivity index (χ0) is 18.5. The van der Waals surface area contributed by atoms with Crippen molar-refractivity contribution in [3.05, 3.63) is 83.9 Å². The average Bonchev–Trinajstić information content (AvgIpc) is 2.64. The third-order valence-electron chi connectivity index (χ3n) is 3.91. The Balaban J connectivity index is 1.69. The molecule has 0 heterocycles. The van der Waals surface area contributed by atoms with Gasteiger partial charge in [-0.2, -0.15) is 0 Å². The van der Waals surface area contributed by atoms with Crippen LogP contribution in [-0.4, -0.2) is 12.1 Å². The maximum absolute atomic E-state index is 12.3. The fourth-order valence-electron chi connectivity index (χ4n) is 2.57. The van der Waals surface area contributed by atoms with Gasteiger partial charge in [-0.25, -0.2) is 4.79 Å². The Morgan fingerprint density at radius 3 is 1.77 bits per heavy atom. The van der Waals surface area contributed by atoms with Crippen LogP contribution in [-0.2, 0) is 0 Å². The van der Waals surface area contributed by atoms with E-state index in [1.807, 2.05) is 69.3 Å². The molecule has 0 fully saturated rings. The third kappa shape index (κ3) is 4.51. The van der Waals surface area contributed by atoms with Gasteiger partial charge in [-0.15, -0.1) is 0 Å². The summed E-state index contributed by atoms with van der Waals surface area (Å²) in [4.78, 5) is 12.3. The monoisotopic (exact) mass is 346 g/mol. The Bertz CT molecular complexity index is 861. The largest absolute Gasteiger partial charge is 0.491 e. The summed E-state index contributed by atoms with van der Waals surface area (Å²) in [6.07, 6.45) is 0.152. The summed E-state index contributed by atoms with van der Waals surface area (Å²) in [5, 5.41) is 0. The second-order valence-electron chi connectivity index (χ2n) is 6.47. The molecular formula is C23H22O3. The average molecular weight is 346 g/mol. The molecule has 0 aliphatic rings. The molecule has 0 bridgehead atoms. The van der Waals surface area contributed by atoms with E-state index in [-0.39, 0.29) is 12.1 Å². The fourth-order valence-corrected chi connectivity index (χ4v) is 2.57. The Morgan fingerprint density at radius 2 is 1.23 bits per heavy atom. The minimum absolute atomic E-state index is 0.152. The second-order valence-corrected chi connectivity index (χ2v) is 6.47. The Labute approximate surface area is 154 Å². The number of esters is 1. The van der Waals surface area contributed by atoms with Crippen LogP contribution in [0.5, 0.6) is 11.5 Å². The van der Waals surface area contributed by atoms with E-state index < -0.39 is 0 Å². The summed E-state index contributed by atoms with van der Waals surface area (Å²) in [7, 11) is 0. The number of ether oxygens (including phenoxy) is 2. The lowest BCUT2D eigenvalue weighted by atomic mass is 10.0. The lowest BCUT2D eigenvalue weighted by molar-refractivity contribution is 0.0734. The standard InChI is InChI=1S/C23H22O3/c1-16(2)25-21-14-10-19(11-15-21)18-6-8-20(9-7-18)23(24)26-22-12-4-17(3)5-13-22/h4-16H,1-3H3. The Hall–Kier alpha value is -3.07. The van der Waals surface area contributed by atoms with Gasteiger partial charge in [0.05, 0.1) is 11.7 Å². The van der Waals surface area contributed by atoms with E-state index >= 15 is 0 Å². The highest BCUT2D eigenvalue weighted by atomic mass is 16.5. The molecule has 0 amide bonds. The van der Waals surface area contributed by atoms with Crippen LogP contribution in [0.15, 0.2) is 72.8 Å². The first-order chi connectivity index (χ1) is 12.5. The van der Waals surface area contributed by atoms with E-state index in [4.69, 9.17) is 9.47 Å². The van der Waals surface area contributed by atoms with Crippen LogP contribution in [0.4, 0.5) is 0 Å². The van der Waals surface area contributed by atoms with Gasteiger partial charge in [-0.05, 0) is 68.3 Å². The van der Waals surface area contributed by atoms with Gasteiger partial charge >= 0.3 is 5.97 Å². The van der Waals surface area contributed by atoms with Crippen molar-refractivity contribution in [2.24, 2.45) is 0 Å². The minimum Gasteiger partial charge on any atom is -0.491 e. The normalized spacial score (nSPS) is 10.6. The van der Waals surface area contributed by atoms with Gasteiger partial charge in [0.15, 0.2) is 0 Å². The predicted molar refractivity (Wildman–Crippen MR) is 104 cm³/mol. The highest BCUT2D eigenvalue weighted by Gasteiger charge is 2.09. The molecule has 3 heteroatoms. The quantitative estimate of drug-likeness (QED) is 0.441. The zero-order valence-electron chi connectivity index (χ0n) is 15.2. The highest BCUT2D eigenvalue weighted by Crippen LogP contribution is 2.24. The number of aryl methyl sites for hydroxylation is 1. The number of carbonyl (C=O) groups is 1. The summed E-state index contributed by atoms with van der Waals surface area (Å²) in [6.45, 7) is 6.00. The van der Waals surface area contributed by atoms with Gasteiger partial charge in [-0.1, -0.05) is 42.0 Å². The molecule has 0 atom stereocenters. The van der Waals surface area contributed by atoms with E-state index in [0.29, 0.717) is 11.3 Å². The minimum atomic E-state index is -0.360. The van der Waals surface area contributed by atoms with E-state index in [9.17, 15) is 4.79 Å². The SMILES string of the molecule is Cc1ccc(OC(=O)c2ccc(-c3ccc(OC(C)C)cc3)cc2)cc1. The van der Waals surface area contributed by atoms with Crippen LogP contribution in [0.2, 0.25) is 0 Å². The summed E-state index contributed by atoms with van der Waals surface area (Å²) >= 11 is 0. The topological polar surface area (TPSA) is 35.5 Å². The molecule has 3 aromatic carbocycles. The van der Waals surface area contributed by atoms with Gasteiger partial charge < -0.3 is 9.47 Å². The van der Waals surface area contributed by atoms with Crippen molar-refractivity contribution in [1.82, 2.24) is 0 Å². The number of hydrogen-bond acceptors (Lipinski definition) is 3. The molecule has 3 aromatic rings. The molecule has 0 aliphatic carbocycles. The fraction of sp³-hybridized carbons (Fsp3) is 0.174. The lowest BCUT2D eigenvalue weighted by Gasteiger charge is -2.10. The van der Waals surface area contributed by atoms with Crippen molar-refractivity contribution in [3.8, 4) is 22.6 Å². The smallest absolute Gasteiger partial charge is 0.343 e. The van der Waals surface area contributed by atoms with Crippen LogP contribution in [0, 0.1) is 6.92 Å². The molecule has 132 valence electrons. The van der Waals surface area contributed by atoms with E-state index in [0.717, 1.165) is 22.4 Å². The van der Waals surface area contributed by atoms with Crippen molar-refractivity contribution in [1.29, 1.82) is 0 Å². The van der Waals surface area contributed by atoms with Gasteiger partial charge in [-0.3, -0.25) is 0 Å². The molecule has 0 aromatic heterocycles. The number of hydrogen-bond donors (Lipinski definition) is 0. The van der Waals surface area contributed by atoms with Crippen LogP contribution in [0.25, 0.3) is 11.1 Å². The van der Waals surface area contributed by atoms with Crippen molar-refractivity contribution >= 4 is 5.97 Å². The van der Waals surface area contributed by atoms with Crippen molar-refractivity contribution in [2.75, 3.05) is 0 Å². The first kappa shape index (κ1) is 17.7. The summed E-state index contributed by atoms with van der Waals surface area (Å²) in [5.41, 5.74) is 3.75. The molecule has 26 heavy (non-hydrogen) atoms. The van der Waals surface area contributed by atoms with Gasteiger partial charge in [0.1, 0.15) is 11.5 Å². The second kappa shape index (κ2) is 7.87. The zero-order valence-corrected chi connectivity index (χ0v) is 15.2. The molecule has 0 saturated carbocycles. The lowest BCUT2D eigenvalue weighted by Crippen LogP contribution is -2.08. The predicted octanol–water partition coefficient (Wildman–Crippen LogP) is 5.67. The van der Waals surface area contributed by atoms with E-state index in [1.54, 1.807) is 24.3 Å². The van der Waals surface area contributed by atoms with Gasteiger partial charge in [0.2, 0.25) is 0 Å².